The van der Waals surface area contributed by atoms with Gasteiger partial charge in [-0.2, -0.15) is 0 Å². The molecule has 0 saturated heterocycles. The fraction of sp³-hybridized carbons (Fsp3) is 0.222. The first-order valence-electron chi connectivity index (χ1n) is 3.88. The van der Waals surface area contributed by atoms with Gasteiger partial charge in [0.1, 0.15) is 0 Å². The molecule has 0 aliphatic rings. The molecule has 1 aromatic rings. The first-order chi connectivity index (χ1) is 6.50. The summed E-state index contributed by atoms with van der Waals surface area (Å²) in [6.07, 6.45) is 0.587. The number of primary amides is 1. The summed E-state index contributed by atoms with van der Waals surface area (Å²) in [7, 11) is 0. The topological polar surface area (TPSA) is 43.1 Å². The van der Waals surface area contributed by atoms with E-state index in [4.69, 9.17) is 5.73 Å². The largest absolute Gasteiger partial charge is 0.369 e. The molecule has 0 fully saturated rings. The minimum absolute atomic E-state index is 0.319. The average Bonchev–Trinajstić information content (AvgIpc) is 2.09. The van der Waals surface area contributed by atoms with Gasteiger partial charge in [0.2, 0.25) is 5.91 Å². The van der Waals surface area contributed by atoms with Gasteiger partial charge in [-0.25, -0.2) is 0 Å². The van der Waals surface area contributed by atoms with E-state index in [1.165, 1.54) is 0 Å². The monoisotopic (exact) mass is 383 g/mol. The summed E-state index contributed by atoms with van der Waals surface area (Å²) in [6, 6.07) is 5.82. The molecule has 5 heteroatoms. The molecule has 0 radical (unpaired) electrons. The lowest BCUT2D eigenvalue weighted by atomic mass is 10.1. The van der Waals surface area contributed by atoms with Crippen molar-refractivity contribution in [2.75, 3.05) is 0 Å². The van der Waals surface area contributed by atoms with Crippen molar-refractivity contribution in [1.29, 1.82) is 0 Å². The Balaban J connectivity index is 2.82. The third kappa shape index (κ3) is 3.37. The molecule has 0 aromatic heterocycles. The Morgan fingerprint density at radius 2 is 2.07 bits per heavy atom. The van der Waals surface area contributed by atoms with Crippen LogP contribution in [0, 0.1) is 0 Å². The van der Waals surface area contributed by atoms with Gasteiger partial charge in [-0.05, 0) is 24.1 Å². The van der Waals surface area contributed by atoms with Crippen LogP contribution in [-0.4, -0.2) is 10.7 Å². The third-order valence-electron chi connectivity index (χ3n) is 1.72. The van der Waals surface area contributed by atoms with E-state index in [9.17, 15) is 4.79 Å². The Morgan fingerprint density at radius 1 is 1.43 bits per heavy atom. The molecule has 0 heterocycles. The van der Waals surface area contributed by atoms with Crippen molar-refractivity contribution in [2.45, 2.75) is 11.2 Å². The summed E-state index contributed by atoms with van der Waals surface area (Å²) >= 11 is 10.0. The van der Waals surface area contributed by atoms with Crippen LogP contribution in [0.4, 0.5) is 0 Å². The molecule has 76 valence electrons. The maximum atomic E-state index is 10.8. The molecule has 0 spiro atoms. The zero-order valence-electron chi connectivity index (χ0n) is 7.14. The minimum Gasteiger partial charge on any atom is -0.369 e. The van der Waals surface area contributed by atoms with E-state index >= 15 is 0 Å². The summed E-state index contributed by atoms with van der Waals surface area (Å²) in [5.41, 5.74) is 6.20. The Labute approximate surface area is 108 Å². The lowest BCUT2D eigenvalue weighted by Gasteiger charge is -2.07. The second-order valence-corrected chi connectivity index (χ2v) is 5.69. The zero-order chi connectivity index (χ0) is 10.7. The van der Waals surface area contributed by atoms with Crippen LogP contribution in [0.15, 0.2) is 27.1 Å². The highest BCUT2D eigenvalue weighted by atomic mass is 79.9. The van der Waals surface area contributed by atoms with Crippen molar-refractivity contribution in [3.8, 4) is 0 Å². The molecule has 1 amide bonds. The molecule has 2 nitrogen and oxygen atoms in total. The van der Waals surface area contributed by atoms with Crippen LogP contribution in [0.25, 0.3) is 0 Å². The predicted octanol–water partition coefficient (Wildman–Crippen LogP) is 3.00. The van der Waals surface area contributed by atoms with E-state index in [0.717, 1.165) is 14.5 Å². The molecule has 1 aromatic carbocycles. The Morgan fingerprint density at radius 3 is 2.57 bits per heavy atom. The minimum atomic E-state index is -0.347. The van der Waals surface area contributed by atoms with Crippen LogP contribution in [0.1, 0.15) is 5.56 Å². The lowest BCUT2D eigenvalue weighted by molar-refractivity contribution is -0.117. The number of hydrogen-bond donors (Lipinski definition) is 1. The molecule has 1 rings (SSSR count). The molecule has 1 atom stereocenters. The Hall–Kier alpha value is 0.130. The van der Waals surface area contributed by atoms with Gasteiger partial charge in [0.25, 0.3) is 0 Å². The van der Waals surface area contributed by atoms with Gasteiger partial charge >= 0.3 is 0 Å². The normalized spacial score (nSPS) is 12.5. The van der Waals surface area contributed by atoms with Crippen molar-refractivity contribution in [3.63, 3.8) is 0 Å². The van der Waals surface area contributed by atoms with Gasteiger partial charge < -0.3 is 5.73 Å². The van der Waals surface area contributed by atoms with Crippen molar-refractivity contribution in [2.24, 2.45) is 5.73 Å². The van der Waals surface area contributed by atoms with Gasteiger partial charge in [0.05, 0.1) is 4.83 Å². The summed E-state index contributed by atoms with van der Waals surface area (Å²) < 4.78 is 1.97. The summed E-state index contributed by atoms with van der Waals surface area (Å²) in [6.45, 7) is 0. The summed E-state index contributed by atoms with van der Waals surface area (Å²) in [5.74, 6) is -0.347. The molecule has 0 aliphatic heterocycles. The number of carbonyl (C=O) groups excluding carboxylic acids is 1. The van der Waals surface area contributed by atoms with Gasteiger partial charge in [-0.3, -0.25) is 4.79 Å². The number of rotatable bonds is 3. The number of alkyl halides is 1. The van der Waals surface area contributed by atoms with Gasteiger partial charge in [-0.15, -0.1) is 0 Å². The molecule has 0 saturated carbocycles. The molecular formula is C9H8Br3NO. The second kappa shape index (κ2) is 5.28. The number of carbonyl (C=O) groups is 1. The average molecular weight is 386 g/mol. The van der Waals surface area contributed by atoms with Gasteiger partial charge in [0, 0.05) is 8.95 Å². The highest BCUT2D eigenvalue weighted by Crippen LogP contribution is 2.24. The smallest absolute Gasteiger partial charge is 0.231 e. The lowest BCUT2D eigenvalue weighted by Crippen LogP contribution is -2.25. The number of amides is 1. The third-order valence-corrected chi connectivity index (χ3v) is 3.73. The second-order valence-electron chi connectivity index (χ2n) is 2.81. The van der Waals surface area contributed by atoms with E-state index < -0.39 is 0 Å². The van der Waals surface area contributed by atoms with E-state index in [1.54, 1.807) is 0 Å². The van der Waals surface area contributed by atoms with Crippen LogP contribution in [-0.2, 0) is 11.2 Å². The van der Waals surface area contributed by atoms with E-state index in [2.05, 4.69) is 47.8 Å². The van der Waals surface area contributed by atoms with Crippen molar-refractivity contribution in [1.82, 2.24) is 0 Å². The molecule has 0 aliphatic carbocycles. The van der Waals surface area contributed by atoms with E-state index in [0.29, 0.717) is 6.42 Å². The van der Waals surface area contributed by atoms with Gasteiger partial charge in [-0.1, -0.05) is 53.9 Å². The first kappa shape index (κ1) is 12.2. The van der Waals surface area contributed by atoms with Crippen molar-refractivity contribution >= 4 is 53.7 Å². The van der Waals surface area contributed by atoms with Crippen LogP contribution < -0.4 is 5.73 Å². The predicted molar refractivity (Wildman–Crippen MR) is 67.5 cm³/mol. The highest BCUT2D eigenvalue weighted by Gasteiger charge is 2.13. The molecule has 0 bridgehead atoms. The first-order valence-corrected chi connectivity index (χ1v) is 6.38. The summed E-state index contributed by atoms with van der Waals surface area (Å²) in [4.78, 5) is 10.5. The fourth-order valence-electron chi connectivity index (χ4n) is 0.981. The van der Waals surface area contributed by atoms with Crippen LogP contribution >= 0.6 is 47.8 Å². The number of benzene rings is 1. The zero-order valence-corrected chi connectivity index (χ0v) is 11.9. The SMILES string of the molecule is NC(=O)C(Br)Cc1ccc(Br)cc1Br. The van der Waals surface area contributed by atoms with Crippen LogP contribution in [0.2, 0.25) is 0 Å². The maximum absolute atomic E-state index is 10.8. The van der Waals surface area contributed by atoms with Crippen LogP contribution in [0.3, 0.4) is 0 Å². The van der Waals surface area contributed by atoms with Crippen LogP contribution in [0.5, 0.6) is 0 Å². The van der Waals surface area contributed by atoms with E-state index in [1.807, 2.05) is 18.2 Å². The number of hydrogen-bond acceptors (Lipinski definition) is 1. The summed E-state index contributed by atoms with van der Waals surface area (Å²) in [5, 5.41) is 0. The van der Waals surface area contributed by atoms with Gasteiger partial charge in [0.15, 0.2) is 0 Å². The molecular weight excluding hydrogens is 378 g/mol. The quantitative estimate of drug-likeness (QED) is 0.798. The Bertz CT molecular complexity index is 354. The molecule has 1 unspecified atom stereocenters. The molecule has 2 N–H and O–H groups in total. The Kier molecular flexibility index (Phi) is 4.60. The highest BCUT2D eigenvalue weighted by molar-refractivity contribution is 9.11. The fourth-order valence-corrected chi connectivity index (χ4v) is 2.54. The maximum Gasteiger partial charge on any atom is 0.231 e. The standard InChI is InChI=1S/C9H8Br3NO/c10-6-2-1-5(7(11)4-6)3-8(12)9(13)14/h1-2,4,8H,3H2,(H2,13,14). The number of nitrogens with two attached hydrogens (primary N) is 1. The number of halogens is 3. The van der Waals surface area contributed by atoms with Crippen molar-refractivity contribution < 1.29 is 4.79 Å². The molecule has 14 heavy (non-hydrogen) atoms. The van der Waals surface area contributed by atoms with Crippen molar-refractivity contribution in [3.05, 3.63) is 32.7 Å². The van der Waals surface area contributed by atoms with E-state index in [-0.39, 0.29) is 10.7 Å².